The van der Waals surface area contributed by atoms with Gasteiger partial charge in [-0.2, -0.15) is 13.2 Å². The lowest BCUT2D eigenvalue weighted by atomic mass is 9.87. The molecule has 0 spiro atoms. The minimum absolute atomic E-state index is 0.150. The number of ketones is 1. The minimum Gasteiger partial charge on any atom is -0.376 e. The normalized spacial score (nSPS) is 19.8. The molecule has 2 aliphatic heterocycles. The number of ether oxygens (including phenoxy) is 1. The molecule has 0 saturated carbocycles. The summed E-state index contributed by atoms with van der Waals surface area (Å²) >= 11 is 0.677. The number of rotatable bonds is 5. The van der Waals surface area contributed by atoms with Gasteiger partial charge >= 0.3 is 6.18 Å². The van der Waals surface area contributed by atoms with Gasteiger partial charge in [-0.05, 0) is 44.0 Å². The van der Waals surface area contributed by atoms with E-state index in [4.69, 9.17) is 4.74 Å². The maximum Gasteiger partial charge on any atom is 0.425 e. The monoisotopic (exact) mass is 465 g/mol. The fraction of sp³-hybridized carbons (Fsp3) is 0.476. The zero-order valence-electron chi connectivity index (χ0n) is 17.4. The molecule has 2 aliphatic rings. The van der Waals surface area contributed by atoms with E-state index in [9.17, 15) is 18.0 Å². The molecule has 0 aliphatic carbocycles. The Hall–Kier alpha value is -2.50. The number of anilines is 1. The number of carbonyl (C=O) groups excluding carboxylic acids is 1. The number of nitrogens with zero attached hydrogens (tertiary/aromatic N) is 4. The number of carbonyl (C=O) groups is 1. The number of Topliss-reactive ketones (excluding diaryl/α,β-unsaturated/α-hetero) is 1. The van der Waals surface area contributed by atoms with E-state index in [0.29, 0.717) is 46.6 Å². The van der Waals surface area contributed by atoms with Crippen LogP contribution in [0.2, 0.25) is 0 Å². The summed E-state index contributed by atoms with van der Waals surface area (Å²) in [6.45, 7) is 4.12. The van der Waals surface area contributed by atoms with Crippen molar-refractivity contribution in [2.75, 3.05) is 31.6 Å². The van der Waals surface area contributed by atoms with Gasteiger partial charge in [0, 0.05) is 19.1 Å². The molecule has 170 valence electrons. The molecule has 0 amide bonds. The van der Waals surface area contributed by atoms with Gasteiger partial charge < -0.3 is 10.1 Å². The maximum absolute atomic E-state index is 13.0. The Labute approximate surface area is 186 Å². The largest absolute Gasteiger partial charge is 0.425 e. The van der Waals surface area contributed by atoms with Crippen LogP contribution in [0, 0.1) is 0 Å². The van der Waals surface area contributed by atoms with Crippen LogP contribution in [-0.4, -0.2) is 63.2 Å². The summed E-state index contributed by atoms with van der Waals surface area (Å²) < 4.78 is 45.8. The average molecular weight is 466 g/mol. The molecule has 2 saturated heterocycles. The van der Waals surface area contributed by atoms with E-state index in [0.717, 1.165) is 32.0 Å². The van der Waals surface area contributed by atoms with Gasteiger partial charge in [0.2, 0.25) is 0 Å². The second-order valence-electron chi connectivity index (χ2n) is 8.28. The van der Waals surface area contributed by atoms with Crippen LogP contribution in [0.25, 0.3) is 16.2 Å². The van der Waals surface area contributed by atoms with E-state index in [2.05, 4.69) is 20.3 Å². The first-order valence-electron chi connectivity index (χ1n) is 10.4. The van der Waals surface area contributed by atoms with Gasteiger partial charge in [-0.25, -0.2) is 9.50 Å². The van der Waals surface area contributed by atoms with Gasteiger partial charge in [0.15, 0.2) is 11.4 Å². The Morgan fingerprint density at radius 3 is 2.56 bits per heavy atom. The Morgan fingerprint density at radius 2 is 1.97 bits per heavy atom. The highest BCUT2D eigenvalue weighted by Gasteiger charge is 2.49. The van der Waals surface area contributed by atoms with Gasteiger partial charge in [-0.15, -0.1) is 16.4 Å². The van der Waals surface area contributed by atoms with Crippen molar-refractivity contribution in [1.29, 1.82) is 0 Å². The molecule has 5 heterocycles. The lowest BCUT2D eigenvalue weighted by molar-refractivity contribution is -0.168. The number of thiophene rings is 1. The first-order valence-corrected chi connectivity index (χ1v) is 11.2. The summed E-state index contributed by atoms with van der Waals surface area (Å²) in [5.41, 5.74) is 0.618. The molecule has 0 bridgehead atoms. The number of piperidine rings is 1. The number of hydrogen-bond donors (Lipinski definition) is 1. The van der Waals surface area contributed by atoms with Crippen LogP contribution in [0.3, 0.4) is 0 Å². The molecule has 0 radical (unpaired) electrons. The van der Waals surface area contributed by atoms with E-state index >= 15 is 0 Å². The number of nitrogens with one attached hydrogen (secondary N) is 1. The second kappa shape index (κ2) is 7.82. The number of likely N-dealkylation sites (tertiary alicyclic amines) is 1. The van der Waals surface area contributed by atoms with Crippen molar-refractivity contribution >= 4 is 28.6 Å². The highest BCUT2D eigenvalue weighted by Crippen LogP contribution is 2.38. The first kappa shape index (κ1) is 21.4. The van der Waals surface area contributed by atoms with E-state index in [-0.39, 0.29) is 11.8 Å². The summed E-state index contributed by atoms with van der Waals surface area (Å²) in [7, 11) is 0. The molecule has 11 heteroatoms. The molecule has 0 unspecified atom stereocenters. The van der Waals surface area contributed by atoms with Gasteiger partial charge in [0.05, 0.1) is 24.3 Å². The number of hydrogen-bond acceptors (Lipinski definition) is 7. The maximum atomic E-state index is 13.0. The molecule has 3 aromatic heterocycles. The smallest absolute Gasteiger partial charge is 0.376 e. The number of fused-ring (bicyclic) bond motifs is 1. The van der Waals surface area contributed by atoms with Crippen molar-refractivity contribution < 1.29 is 22.7 Å². The SMILES string of the molecule is CC(=O)C1(N2CCC(Nc3ccc4ncc(-c5ccc(C(F)(F)F)s5)n4n3)CC2)COC1. The number of alkyl halides is 3. The molecule has 0 aromatic carbocycles. The fourth-order valence-electron chi connectivity index (χ4n) is 4.31. The Bertz CT molecular complexity index is 1150. The molecule has 5 rings (SSSR count). The zero-order chi connectivity index (χ0) is 22.5. The zero-order valence-corrected chi connectivity index (χ0v) is 18.2. The molecule has 7 nitrogen and oxygen atoms in total. The van der Waals surface area contributed by atoms with Crippen LogP contribution >= 0.6 is 11.3 Å². The third-order valence-electron chi connectivity index (χ3n) is 6.29. The lowest BCUT2D eigenvalue weighted by Gasteiger charge is -2.50. The average Bonchev–Trinajstić information content (AvgIpc) is 3.34. The standard InChI is InChI=1S/C21H22F3N5O2S/c1-13(30)20(11-31-12-20)28-8-6-14(7-9-28)26-18-4-5-19-25-10-15(29(19)27-18)16-2-3-17(32-16)21(22,23)24/h2-5,10,14H,6-9,11-12H2,1H3,(H,26,27). The molecule has 3 aromatic rings. The van der Waals surface area contributed by atoms with Crippen molar-refractivity contribution in [3.05, 3.63) is 35.3 Å². The van der Waals surface area contributed by atoms with Gasteiger partial charge in [-0.1, -0.05) is 0 Å². The fourth-order valence-corrected chi connectivity index (χ4v) is 5.18. The van der Waals surface area contributed by atoms with Crippen LogP contribution in [-0.2, 0) is 15.7 Å². The molecule has 0 atom stereocenters. The quantitative estimate of drug-likeness (QED) is 0.620. The minimum atomic E-state index is -4.37. The van der Waals surface area contributed by atoms with Gasteiger partial charge in [0.1, 0.15) is 21.9 Å². The Kier molecular flexibility index (Phi) is 5.22. The summed E-state index contributed by atoms with van der Waals surface area (Å²) in [6, 6.07) is 6.33. The number of halogens is 3. The van der Waals surface area contributed by atoms with E-state index in [1.807, 2.05) is 6.07 Å². The van der Waals surface area contributed by atoms with Crippen LogP contribution < -0.4 is 5.32 Å². The predicted octanol–water partition coefficient (Wildman–Crippen LogP) is 3.71. The molecular weight excluding hydrogens is 443 g/mol. The van der Waals surface area contributed by atoms with Crippen molar-refractivity contribution in [2.45, 2.75) is 37.5 Å². The lowest BCUT2D eigenvalue weighted by Crippen LogP contribution is -2.68. The molecule has 2 fully saturated rings. The van der Waals surface area contributed by atoms with Crippen LogP contribution in [0.5, 0.6) is 0 Å². The van der Waals surface area contributed by atoms with Crippen molar-refractivity contribution in [2.24, 2.45) is 0 Å². The van der Waals surface area contributed by atoms with Crippen molar-refractivity contribution in [3.63, 3.8) is 0 Å². The summed E-state index contributed by atoms with van der Waals surface area (Å²) in [5, 5.41) is 8.01. The van der Waals surface area contributed by atoms with E-state index in [1.54, 1.807) is 23.7 Å². The third-order valence-corrected chi connectivity index (χ3v) is 7.44. The highest BCUT2D eigenvalue weighted by molar-refractivity contribution is 7.15. The van der Waals surface area contributed by atoms with E-state index < -0.39 is 16.6 Å². The van der Waals surface area contributed by atoms with Crippen LogP contribution in [0.1, 0.15) is 24.6 Å². The summed E-state index contributed by atoms with van der Waals surface area (Å²) in [4.78, 5) is 18.4. The molecule has 1 N–H and O–H groups in total. The van der Waals surface area contributed by atoms with Gasteiger partial charge in [-0.3, -0.25) is 9.69 Å². The molecule has 32 heavy (non-hydrogen) atoms. The topological polar surface area (TPSA) is 71.8 Å². The first-order chi connectivity index (χ1) is 15.3. The van der Waals surface area contributed by atoms with Gasteiger partial charge in [0.25, 0.3) is 0 Å². The Morgan fingerprint density at radius 1 is 1.22 bits per heavy atom. The number of aromatic nitrogens is 3. The summed E-state index contributed by atoms with van der Waals surface area (Å²) in [5.74, 6) is 0.785. The van der Waals surface area contributed by atoms with E-state index in [1.165, 1.54) is 6.07 Å². The predicted molar refractivity (Wildman–Crippen MR) is 114 cm³/mol. The van der Waals surface area contributed by atoms with Crippen molar-refractivity contribution in [3.8, 4) is 10.6 Å². The van der Waals surface area contributed by atoms with Crippen LogP contribution in [0.4, 0.5) is 19.0 Å². The van der Waals surface area contributed by atoms with Crippen LogP contribution in [0.15, 0.2) is 30.5 Å². The van der Waals surface area contributed by atoms with Crippen molar-refractivity contribution in [1.82, 2.24) is 19.5 Å². The molecular formula is C21H22F3N5O2S. The highest BCUT2D eigenvalue weighted by atomic mass is 32.1. The second-order valence-corrected chi connectivity index (χ2v) is 9.36. The third kappa shape index (κ3) is 3.67. The number of imidazole rings is 1. The Balaban J connectivity index is 1.30. The summed E-state index contributed by atoms with van der Waals surface area (Å²) in [6.07, 6.45) is -1.12.